The highest BCUT2D eigenvalue weighted by molar-refractivity contribution is 5.86. The van der Waals surface area contributed by atoms with Crippen LogP contribution in [0.3, 0.4) is 0 Å². The van der Waals surface area contributed by atoms with Crippen LogP contribution in [0.2, 0.25) is 0 Å². The van der Waals surface area contributed by atoms with Crippen LogP contribution in [0.4, 0.5) is 0 Å². The molecule has 74 valence electrons. The topological polar surface area (TPSA) is 41.1 Å². The van der Waals surface area contributed by atoms with Crippen LogP contribution in [0.15, 0.2) is 12.7 Å². The first-order valence-corrected chi connectivity index (χ1v) is 4.77. The smallest absolute Gasteiger partial charge is 0.243 e. The zero-order valence-corrected chi connectivity index (χ0v) is 8.23. The highest BCUT2D eigenvalue weighted by atomic mass is 16.1. The number of rotatable bonds is 3. The van der Waals surface area contributed by atoms with Crippen molar-refractivity contribution in [1.29, 1.82) is 0 Å². The molecule has 0 aromatic heterocycles. The van der Waals surface area contributed by atoms with Crippen LogP contribution in [-0.4, -0.2) is 25.5 Å². The van der Waals surface area contributed by atoms with Crippen LogP contribution in [0.5, 0.6) is 0 Å². The van der Waals surface area contributed by atoms with Crippen molar-refractivity contribution in [2.75, 3.05) is 19.6 Å². The zero-order chi connectivity index (χ0) is 9.73. The lowest BCUT2D eigenvalue weighted by molar-refractivity contribution is -0.117. The molecule has 1 fully saturated rings. The maximum Gasteiger partial charge on any atom is 0.243 e. The molecule has 0 spiro atoms. The summed E-state index contributed by atoms with van der Waals surface area (Å²) in [6.07, 6.45) is 3.58. The average Bonchev–Trinajstić information content (AvgIpc) is 2.15. The molecule has 0 aliphatic carbocycles. The zero-order valence-electron chi connectivity index (χ0n) is 8.23. The summed E-state index contributed by atoms with van der Waals surface area (Å²) in [6, 6.07) is 0. The van der Waals surface area contributed by atoms with E-state index in [0.717, 1.165) is 32.5 Å². The van der Waals surface area contributed by atoms with Crippen LogP contribution in [0, 0.1) is 5.41 Å². The van der Waals surface area contributed by atoms with Crippen molar-refractivity contribution in [2.45, 2.75) is 19.8 Å². The SMILES string of the molecule is C=CC(=O)NCC1(C)CCNCC1. The van der Waals surface area contributed by atoms with Crippen LogP contribution in [-0.2, 0) is 4.79 Å². The van der Waals surface area contributed by atoms with E-state index in [1.165, 1.54) is 6.08 Å². The summed E-state index contributed by atoms with van der Waals surface area (Å²) < 4.78 is 0. The minimum atomic E-state index is -0.0697. The quantitative estimate of drug-likeness (QED) is 0.630. The number of carbonyl (C=O) groups excluding carboxylic acids is 1. The monoisotopic (exact) mass is 182 g/mol. The largest absolute Gasteiger partial charge is 0.352 e. The molecule has 1 aliphatic rings. The third-order valence-electron chi connectivity index (χ3n) is 2.69. The molecule has 0 aromatic rings. The Morgan fingerprint density at radius 3 is 2.77 bits per heavy atom. The third kappa shape index (κ3) is 3.19. The van der Waals surface area contributed by atoms with Crippen molar-refractivity contribution < 1.29 is 4.79 Å². The van der Waals surface area contributed by atoms with E-state index in [-0.39, 0.29) is 11.3 Å². The predicted octanol–water partition coefficient (Wildman–Crippen LogP) is 0.678. The summed E-state index contributed by atoms with van der Waals surface area (Å²) in [5.74, 6) is -0.0697. The van der Waals surface area contributed by atoms with Gasteiger partial charge in [-0.25, -0.2) is 0 Å². The molecule has 1 aliphatic heterocycles. The minimum absolute atomic E-state index is 0.0697. The van der Waals surface area contributed by atoms with E-state index in [1.807, 2.05) is 0 Å². The number of hydrogen-bond donors (Lipinski definition) is 2. The Labute approximate surface area is 79.6 Å². The molecule has 1 amide bonds. The molecule has 1 rings (SSSR count). The maximum atomic E-state index is 11.0. The van der Waals surface area contributed by atoms with Gasteiger partial charge in [-0.2, -0.15) is 0 Å². The van der Waals surface area contributed by atoms with E-state index in [0.29, 0.717) is 0 Å². The van der Waals surface area contributed by atoms with Crippen molar-refractivity contribution in [2.24, 2.45) is 5.41 Å². The van der Waals surface area contributed by atoms with Gasteiger partial charge in [-0.1, -0.05) is 13.5 Å². The summed E-state index contributed by atoms with van der Waals surface area (Å²) in [6.45, 7) is 8.52. The first kappa shape index (κ1) is 10.3. The first-order valence-electron chi connectivity index (χ1n) is 4.77. The van der Waals surface area contributed by atoms with Gasteiger partial charge in [-0.05, 0) is 37.4 Å². The fourth-order valence-corrected chi connectivity index (χ4v) is 1.58. The molecule has 0 aromatic carbocycles. The summed E-state index contributed by atoms with van der Waals surface area (Å²) in [5.41, 5.74) is 0.268. The molecular weight excluding hydrogens is 164 g/mol. The lowest BCUT2D eigenvalue weighted by Gasteiger charge is -2.33. The van der Waals surface area contributed by atoms with Crippen molar-refractivity contribution in [3.63, 3.8) is 0 Å². The van der Waals surface area contributed by atoms with E-state index in [2.05, 4.69) is 24.1 Å². The standard InChI is InChI=1S/C10H18N2O/c1-3-9(13)12-8-10(2)4-6-11-7-5-10/h3,11H,1,4-8H2,2H3,(H,12,13). The molecule has 0 saturated carbocycles. The number of amides is 1. The highest BCUT2D eigenvalue weighted by Gasteiger charge is 2.26. The lowest BCUT2D eigenvalue weighted by atomic mass is 9.81. The van der Waals surface area contributed by atoms with Crippen LogP contribution in [0.1, 0.15) is 19.8 Å². The molecule has 0 unspecified atom stereocenters. The molecule has 1 heterocycles. The second-order valence-electron chi connectivity index (χ2n) is 3.98. The van der Waals surface area contributed by atoms with Gasteiger partial charge in [0, 0.05) is 6.54 Å². The van der Waals surface area contributed by atoms with Crippen molar-refractivity contribution in [3.8, 4) is 0 Å². The Hall–Kier alpha value is -0.830. The van der Waals surface area contributed by atoms with E-state index in [1.54, 1.807) is 0 Å². The summed E-state index contributed by atoms with van der Waals surface area (Å²) in [5, 5.41) is 6.17. The van der Waals surface area contributed by atoms with Gasteiger partial charge in [0.1, 0.15) is 0 Å². The molecule has 3 heteroatoms. The summed E-state index contributed by atoms with van der Waals surface area (Å²) >= 11 is 0. The number of hydrogen-bond acceptors (Lipinski definition) is 2. The van der Waals surface area contributed by atoms with Gasteiger partial charge in [0.15, 0.2) is 0 Å². The molecule has 3 nitrogen and oxygen atoms in total. The highest BCUT2D eigenvalue weighted by Crippen LogP contribution is 2.26. The minimum Gasteiger partial charge on any atom is -0.352 e. The van der Waals surface area contributed by atoms with E-state index < -0.39 is 0 Å². The molecular formula is C10H18N2O. The molecule has 1 saturated heterocycles. The fraction of sp³-hybridized carbons (Fsp3) is 0.700. The van der Waals surface area contributed by atoms with Gasteiger partial charge in [-0.3, -0.25) is 4.79 Å². The molecule has 13 heavy (non-hydrogen) atoms. The van der Waals surface area contributed by atoms with Gasteiger partial charge >= 0.3 is 0 Å². The molecule has 2 N–H and O–H groups in total. The Balaban J connectivity index is 2.32. The third-order valence-corrected chi connectivity index (χ3v) is 2.69. The van der Waals surface area contributed by atoms with E-state index >= 15 is 0 Å². The van der Waals surface area contributed by atoms with Gasteiger partial charge in [0.25, 0.3) is 0 Å². The predicted molar refractivity (Wildman–Crippen MR) is 53.4 cm³/mol. The van der Waals surface area contributed by atoms with Crippen molar-refractivity contribution in [1.82, 2.24) is 10.6 Å². The van der Waals surface area contributed by atoms with Crippen molar-refractivity contribution in [3.05, 3.63) is 12.7 Å². The summed E-state index contributed by atoms with van der Waals surface area (Å²) in [4.78, 5) is 11.0. The Kier molecular flexibility index (Phi) is 3.48. The Bertz CT molecular complexity index is 195. The molecule has 0 atom stereocenters. The number of carbonyl (C=O) groups is 1. The maximum absolute atomic E-state index is 11.0. The Morgan fingerprint density at radius 2 is 2.23 bits per heavy atom. The Morgan fingerprint density at radius 1 is 1.62 bits per heavy atom. The number of nitrogens with one attached hydrogen (secondary N) is 2. The van der Waals surface area contributed by atoms with E-state index in [9.17, 15) is 4.79 Å². The van der Waals surface area contributed by atoms with Gasteiger partial charge < -0.3 is 10.6 Å². The van der Waals surface area contributed by atoms with Crippen LogP contribution in [0.25, 0.3) is 0 Å². The van der Waals surface area contributed by atoms with Gasteiger partial charge in [0.2, 0.25) is 5.91 Å². The average molecular weight is 182 g/mol. The fourth-order valence-electron chi connectivity index (χ4n) is 1.58. The van der Waals surface area contributed by atoms with Gasteiger partial charge in [0.05, 0.1) is 0 Å². The molecule has 0 bridgehead atoms. The molecule has 0 radical (unpaired) electrons. The number of piperidine rings is 1. The van der Waals surface area contributed by atoms with Crippen LogP contribution < -0.4 is 10.6 Å². The van der Waals surface area contributed by atoms with Crippen molar-refractivity contribution >= 4 is 5.91 Å². The van der Waals surface area contributed by atoms with Gasteiger partial charge in [-0.15, -0.1) is 0 Å². The second-order valence-corrected chi connectivity index (χ2v) is 3.98. The normalized spacial score (nSPS) is 20.7. The second kappa shape index (κ2) is 4.42. The first-order chi connectivity index (χ1) is 6.16. The lowest BCUT2D eigenvalue weighted by Crippen LogP contribution is -2.42. The van der Waals surface area contributed by atoms with Crippen LogP contribution >= 0.6 is 0 Å². The van der Waals surface area contributed by atoms with E-state index in [4.69, 9.17) is 0 Å². The summed E-state index contributed by atoms with van der Waals surface area (Å²) in [7, 11) is 0.